The Hall–Kier alpha value is -3.99. The lowest BCUT2D eigenvalue weighted by atomic mass is 10.0. The highest BCUT2D eigenvalue weighted by atomic mass is 16.4. The lowest BCUT2D eigenvalue weighted by Gasteiger charge is -2.15. The van der Waals surface area contributed by atoms with E-state index in [4.69, 9.17) is 5.11 Å². The van der Waals surface area contributed by atoms with Gasteiger partial charge in [-0.15, -0.1) is 0 Å². The number of nitrogens with zero attached hydrogens (tertiary/aromatic N) is 1. The average Bonchev–Trinajstić information content (AvgIpc) is 3.02. The Labute approximate surface area is 165 Å². The first-order valence-electron chi connectivity index (χ1n) is 9.19. The Morgan fingerprint density at radius 1 is 0.793 bits per heavy atom. The van der Waals surface area contributed by atoms with Gasteiger partial charge in [-0.25, -0.2) is 0 Å². The first-order valence-corrected chi connectivity index (χ1v) is 9.19. The van der Waals surface area contributed by atoms with Crippen LogP contribution in [-0.2, 0) is 11.2 Å². The Morgan fingerprint density at radius 3 is 2.10 bits per heavy atom. The van der Waals surface area contributed by atoms with Gasteiger partial charge in [-0.2, -0.15) is 0 Å². The summed E-state index contributed by atoms with van der Waals surface area (Å²) in [7, 11) is 0. The van der Waals surface area contributed by atoms with Gasteiger partial charge in [0.2, 0.25) is 0 Å². The number of hydrogen-bond acceptors (Lipinski definition) is 3. The van der Waals surface area contributed by atoms with E-state index in [1.54, 1.807) is 53.1 Å². The van der Waals surface area contributed by atoms with Gasteiger partial charge in [-0.1, -0.05) is 54.6 Å². The normalized spacial score (nSPS) is 12.1. The van der Waals surface area contributed by atoms with E-state index in [1.165, 1.54) is 0 Å². The van der Waals surface area contributed by atoms with E-state index < -0.39 is 5.97 Å². The second-order valence-electron chi connectivity index (χ2n) is 7.02. The van der Waals surface area contributed by atoms with Crippen molar-refractivity contribution in [2.24, 2.45) is 0 Å². The van der Waals surface area contributed by atoms with Crippen LogP contribution < -0.4 is 5.56 Å². The Kier molecular flexibility index (Phi) is 3.71. The Balaban J connectivity index is 1.86. The van der Waals surface area contributed by atoms with Crippen molar-refractivity contribution < 1.29 is 14.7 Å². The number of rotatable bonds is 3. The van der Waals surface area contributed by atoms with Crippen molar-refractivity contribution in [3.63, 3.8) is 0 Å². The number of hydrogen-bond donors (Lipinski definition) is 1. The van der Waals surface area contributed by atoms with Crippen molar-refractivity contribution in [1.82, 2.24) is 4.57 Å². The van der Waals surface area contributed by atoms with Gasteiger partial charge in [0.1, 0.15) is 0 Å². The molecule has 0 amide bonds. The number of carboxylic acids is 1. The predicted octanol–water partition coefficient (Wildman–Crippen LogP) is 3.83. The molecule has 1 N–H and O–H groups in total. The second-order valence-corrected chi connectivity index (χ2v) is 7.02. The SMILES string of the molecule is O=C(O)Cc1ccc(-n2c3c(c4ccccc4c2=O)C(=O)c2ccccc2-3)cc1. The second kappa shape index (κ2) is 6.27. The molecule has 0 radical (unpaired) electrons. The van der Waals surface area contributed by atoms with Crippen LogP contribution in [0.15, 0.2) is 77.6 Å². The lowest BCUT2D eigenvalue weighted by Crippen LogP contribution is -2.21. The summed E-state index contributed by atoms with van der Waals surface area (Å²) in [6, 6.07) is 21.3. The van der Waals surface area contributed by atoms with Crippen molar-refractivity contribution in [3.05, 3.63) is 99.8 Å². The standard InChI is InChI=1S/C24H15NO4/c26-20(27)13-14-9-11-15(12-10-14)25-22-17-6-2-3-7-18(17)23(28)21(22)16-5-1-4-8-19(16)24(25)29/h1-12H,13H2,(H,26,27). The van der Waals surface area contributed by atoms with Crippen LogP contribution in [0, 0.1) is 0 Å². The molecule has 0 atom stereocenters. The highest BCUT2D eigenvalue weighted by Gasteiger charge is 2.32. The van der Waals surface area contributed by atoms with Crippen LogP contribution in [0.1, 0.15) is 21.5 Å². The van der Waals surface area contributed by atoms with Crippen molar-refractivity contribution in [2.75, 3.05) is 0 Å². The molecule has 1 heterocycles. The summed E-state index contributed by atoms with van der Waals surface area (Å²) in [5.74, 6) is -1.01. The maximum absolute atomic E-state index is 13.4. The molecule has 4 aromatic rings. The molecule has 0 aliphatic heterocycles. The molecular formula is C24H15NO4. The highest BCUT2D eigenvalue weighted by Crippen LogP contribution is 2.40. The van der Waals surface area contributed by atoms with Crippen LogP contribution in [-0.4, -0.2) is 21.4 Å². The monoisotopic (exact) mass is 381 g/mol. The number of ketones is 1. The molecule has 0 saturated carbocycles. The van der Waals surface area contributed by atoms with E-state index in [2.05, 4.69) is 0 Å². The molecule has 0 spiro atoms. The van der Waals surface area contributed by atoms with Gasteiger partial charge in [0, 0.05) is 27.6 Å². The molecule has 0 bridgehead atoms. The van der Waals surface area contributed by atoms with Gasteiger partial charge in [0.25, 0.3) is 5.56 Å². The van der Waals surface area contributed by atoms with Crippen molar-refractivity contribution in [1.29, 1.82) is 0 Å². The molecule has 0 saturated heterocycles. The molecule has 5 rings (SSSR count). The number of benzene rings is 3. The summed E-state index contributed by atoms with van der Waals surface area (Å²) in [4.78, 5) is 37.6. The summed E-state index contributed by atoms with van der Waals surface area (Å²) >= 11 is 0. The van der Waals surface area contributed by atoms with E-state index in [9.17, 15) is 14.4 Å². The van der Waals surface area contributed by atoms with E-state index in [0.717, 1.165) is 5.56 Å². The third-order valence-corrected chi connectivity index (χ3v) is 5.29. The highest BCUT2D eigenvalue weighted by molar-refractivity contribution is 6.26. The van der Waals surface area contributed by atoms with Gasteiger partial charge < -0.3 is 5.11 Å². The number of pyridine rings is 1. The molecule has 29 heavy (non-hydrogen) atoms. The quantitative estimate of drug-likeness (QED) is 0.515. The molecule has 0 fully saturated rings. The fraction of sp³-hybridized carbons (Fsp3) is 0.0417. The molecule has 1 aromatic heterocycles. The maximum Gasteiger partial charge on any atom is 0.307 e. The molecular weight excluding hydrogens is 366 g/mol. The van der Waals surface area contributed by atoms with Crippen molar-refractivity contribution >= 4 is 22.5 Å². The predicted molar refractivity (Wildman–Crippen MR) is 110 cm³/mol. The summed E-state index contributed by atoms with van der Waals surface area (Å²) < 4.78 is 1.56. The minimum Gasteiger partial charge on any atom is -0.481 e. The van der Waals surface area contributed by atoms with Gasteiger partial charge in [-0.05, 0) is 23.8 Å². The molecule has 1 aliphatic rings. The van der Waals surface area contributed by atoms with Crippen LogP contribution in [0.4, 0.5) is 0 Å². The van der Waals surface area contributed by atoms with Crippen LogP contribution >= 0.6 is 0 Å². The van der Waals surface area contributed by atoms with E-state index in [-0.39, 0.29) is 17.8 Å². The molecule has 5 heteroatoms. The minimum atomic E-state index is -0.916. The molecule has 3 aromatic carbocycles. The lowest BCUT2D eigenvalue weighted by molar-refractivity contribution is -0.136. The van der Waals surface area contributed by atoms with Crippen molar-refractivity contribution in [2.45, 2.75) is 6.42 Å². The topological polar surface area (TPSA) is 76.4 Å². The smallest absolute Gasteiger partial charge is 0.307 e. The van der Waals surface area contributed by atoms with Crippen LogP contribution in [0.5, 0.6) is 0 Å². The van der Waals surface area contributed by atoms with E-state index in [0.29, 0.717) is 38.8 Å². The number of carbonyl (C=O) groups excluding carboxylic acids is 1. The van der Waals surface area contributed by atoms with Gasteiger partial charge in [0.15, 0.2) is 5.78 Å². The van der Waals surface area contributed by atoms with Gasteiger partial charge in [0.05, 0.1) is 17.7 Å². The van der Waals surface area contributed by atoms with E-state index in [1.807, 2.05) is 24.3 Å². The number of aliphatic carboxylic acids is 1. The summed E-state index contributed by atoms with van der Waals surface area (Å²) in [6.45, 7) is 0. The third-order valence-electron chi connectivity index (χ3n) is 5.29. The average molecular weight is 381 g/mol. The number of aromatic nitrogens is 1. The number of carboxylic acid groups (broad SMARTS) is 1. The summed E-state index contributed by atoms with van der Waals surface area (Å²) in [5.41, 5.74) is 3.43. The van der Waals surface area contributed by atoms with Crippen molar-refractivity contribution in [3.8, 4) is 16.9 Å². The largest absolute Gasteiger partial charge is 0.481 e. The van der Waals surface area contributed by atoms with Crippen LogP contribution in [0.3, 0.4) is 0 Å². The Morgan fingerprint density at radius 2 is 1.41 bits per heavy atom. The fourth-order valence-corrected chi connectivity index (χ4v) is 4.04. The molecule has 0 unspecified atom stereocenters. The minimum absolute atomic E-state index is 0.0909. The molecule has 1 aliphatic carbocycles. The zero-order valence-electron chi connectivity index (χ0n) is 15.3. The first-order chi connectivity index (χ1) is 14.1. The first kappa shape index (κ1) is 17.1. The molecule has 5 nitrogen and oxygen atoms in total. The Bertz CT molecular complexity index is 1380. The number of fused-ring (bicyclic) bond motifs is 5. The maximum atomic E-state index is 13.4. The van der Waals surface area contributed by atoms with Gasteiger partial charge >= 0.3 is 5.97 Å². The van der Waals surface area contributed by atoms with E-state index >= 15 is 0 Å². The summed E-state index contributed by atoms with van der Waals surface area (Å²) in [5, 5.41) is 10.1. The van der Waals surface area contributed by atoms with Crippen LogP contribution in [0.2, 0.25) is 0 Å². The third kappa shape index (κ3) is 2.51. The van der Waals surface area contributed by atoms with Crippen LogP contribution in [0.25, 0.3) is 27.7 Å². The number of carbonyl (C=O) groups is 2. The van der Waals surface area contributed by atoms with Gasteiger partial charge in [-0.3, -0.25) is 19.0 Å². The fourth-order valence-electron chi connectivity index (χ4n) is 4.04. The molecule has 140 valence electrons. The zero-order chi connectivity index (χ0) is 20.1. The zero-order valence-corrected chi connectivity index (χ0v) is 15.3. The summed E-state index contributed by atoms with van der Waals surface area (Å²) in [6.07, 6.45) is -0.0909.